The van der Waals surface area contributed by atoms with Gasteiger partial charge in [-0.15, -0.1) is 0 Å². The van der Waals surface area contributed by atoms with Gasteiger partial charge in [-0.25, -0.2) is 0 Å². The van der Waals surface area contributed by atoms with Crippen LogP contribution in [0.15, 0.2) is 41.0 Å². The predicted molar refractivity (Wildman–Crippen MR) is 104 cm³/mol. The number of aliphatic hydroxyl groups excluding tert-OH is 1. The first-order valence-electron chi connectivity index (χ1n) is 7.73. The summed E-state index contributed by atoms with van der Waals surface area (Å²) in [7, 11) is 3.06. The van der Waals surface area contributed by atoms with Crippen molar-refractivity contribution in [3.05, 3.63) is 41.0 Å². The minimum absolute atomic E-state index is 0.113. The minimum Gasteiger partial charge on any atom is -0.510 e. The molecule has 1 aromatic rings. The molecule has 1 aliphatic carbocycles. The number of nitrogens with zero attached hydrogens (tertiary/aromatic N) is 1. The number of thiocarbonyl (C=S) groups is 1. The lowest BCUT2D eigenvalue weighted by Crippen LogP contribution is -2.40. The fourth-order valence-corrected chi connectivity index (χ4v) is 3.99. The maximum atomic E-state index is 12.5. The van der Waals surface area contributed by atoms with E-state index in [4.69, 9.17) is 17.0 Å². The van der Waals surface area contributed by atoms with E-state index >= 15 is 0 Å². The molecule has 25 heavy (non-hydrogen) atoms. The fourth-order valence-electron chi connectivity index (χ4n) is 2.81. The number of thioether (sulfide) groups is 1. The Balaban J connectivity index is 2.31. The van der Waals surface area contributed by atoms with Gasteiger partial charge >= 0.3 is 5.97 Å². The Hall–Kier alpha value is -1.86. The molecule has 0 aromatic heterocycles. The van der Waals surface area contributed by atoms with Gasteiger partial charge in [0.2, 0.25) is 0 Å². The number of ether oxygens (including phenoxy) is 1. The molecule has 5 nitrogen and oxygen atoms in total. The van der Waals surface area contributed by atoms with Crippen LogP contribution in [-0.4, -0.2) is 35.3 Å². The molecule has 134 valence electrons. The van der Waals surface area contributed by atoms with Crippen LogP contribution in [0.4, 0.5) is 5.69 Å². The highest BCUT2D eigenvalue weighted by Crippen LogP contribution is 2.45. The Morgan fingerprint density at radius 1 is 1.36 bits per heavy atom. The van der Waals surface area contributed by atoms with Gasteiger partial charge in [0.1, 0.15) is 16.0 Å². The summed E-state index contributed by atoms with van der Waals surface area (Å²) in [6.45, 7) is 3.52. The third-order valence-electron chi connectivity index (χ3n) is 4.20. The molecule has 0 aliphatic heterocycles. The number of para-hydroxylation sites is 1. The Labute approximate surface area is 157 Å². The van der Waals surface area contributed by atoms with Gasteiger partial charge in [-0.05, 0) is 17.5 Å². The molecular weight excluding hydrogens is 358 g/mol. The maximum Gasteiger partial charge on any atom is 0.316 e. The fraction of sp³-hybridized carbons (Fsp3) is 0.389. The molecule has 0 radical (unpaired) electrons. The normalized spacial score (nSPS) is 19.5. The van der Waals surface area contributed by atoms with E-state index in [0.29, 0.717) is 4.32 Å². The SMILES string of the molecule is COC(=O)C1C(O)=C(SC(=S)N(C)c2ccccc2)C(=O)CC1(C)C. The van der Waals surface area contributed by atoms with Crippen molar-refractivity contribution < 1.29 is 19.4 Å². The number of benzene rings is 1. The van der Waals surface area contributed by atoms with Crippen LogP contribution < -0.4 is 4.90 Å². The zero-order chi connectivity index (χ0) is 18.8. The van der Waals surface area contributed by atoms with Gasteiger partial charge in [-0.2, -0.15) is 0 Å². The standard InChI is InChI=1S/C18H21NO4S2/c1-18(2)10-12(20)15(14(21)13(18)16(22)23-4)25-17(24)19(3)11-8-6-5-7-9-11/h5-9,13,21H,10H2,1-4H3. The summed E-state index contributed by atoms with van der Waals surface area (Å²) < 4.78 is 5.21. The number of allylic oxidation sites excluding steroid dienone is 1. The van der Waals surface area contributed by atoms with Crippen molar-refractivity contribution in [3.63, 3.8) is 0 Å². The lowest BCUT2D eigenvalue weighted by molar-refractivity contribution is -0.150. The van der Waals surface area contributed by atoms with E-state index in [1.165, 1.54) is 7.11 Å². The molecular formula is C18H21NO4S2. The first-order valence-corrected chi connectivity index (χ1v) is 8.96. The Bertz CT molecular complexity index is 728. The van der Waals surface area contributed by atoms with Crippen LogP contribution in [0, 0.1) is 11.3 Å². The number of rotatable bonds is 3. The molecule has 0 spiro atoms. The second kappa shape index (κ2) is 7.58. The molecule has 0 amide bonds. The smallest absolute Gasteiger partial charge is 0.316 e. The summed E-state index contributed by atoms with van der Waals surface area (Å²) in [5, 5.41) is 10.6. The number of hydrogen-bond acceptors (Lipinski definition) is 6. The van der Waals surface area contributed by atoms with Crippen molar-refractivity contribution in [1.82, 2.24) is 0 Å². The van der Waals surface area contributed by atoms with E-state index < -0.39 is 17.3 Å². The maximum absolute atomic E-state index is 12.5. The van der Waals surface area contributed by atoms with Crippen LogP contribution in [0.25, 0.3) is 0 Å². The Morgan fingerprint density at radius 2 is 1.96 bits per heavy atom. The van der Waals surface area contributed by atoms with Crippen molar-refractivity contribution in [2.45, 2.75) is 20.3 Å². The molecule has 1 N–H and O–H groups in total. The number of ketones is 1. The molecule has 0 saturated heterocycles. The number of methoxy groups -OCH3 is 1. The lowest BCUT2D eigenvalue weighted by Gasteiger charge is -2.36. The number of carbonyl (C=O) groups excluding carboxylic acids is 2. The second-order valence-corrected chi connectivity index (χ2v) is 8.17. The van der Waals surface area contributed by atoms with E-state index in [1.54, 1.807) is 25.8 Å². The summed E-state index contributed by atoms with van der Waals surface area (Å²) in [6, 6.07) is 9.46. The molecule has 0 bridgehead atoms. The summed E-state index contributed by atoms with van der Waals surface area (Å²) in [5.41, 5.74) is 0.152. The first-order chi connectivity index (χ1) is 11.7. The van der Waals surface area contributed by atoms with Gasteiger partial charge < -0.3 is 14.7 Å². The summed E-state index contributed by atoms with van der Waals surface area (Å²) >= 11 is 6.41. The number of esters is 1. The third-order valence-corrected chi connectivity index (χ3v) is 5.81. The van der Waals surface area contributed by atoms with E-state index in [1.807, 2.05) is 30.3 Å². The molecule has 0 saturated carbocycles. The molecule has 1 unspecified atom stereocenters. The molecule has 1 atom stereocenters. The third kappa shape index (κ3) is 4.04. The van der Waals surface area contributed by atoms with Crippen molar-refractivity contribution in [3.8, 4) is 0 Å². The van der Waals surface area contributed by atoms with Crippen LogP contribution >= 0.6 is 24.0 Å². The van der Waals surface area contributed by atoms with E-state index in [-0.39, 0.29) is 22.9 Å². The van der Waals surface area contributed by atoms with Gasteiger partial charge in [0.25, 0.3) is 0 Å². The molecule has 7 heteroatoms. The monoisotopic (exact) mass is 379 g/mol. The molecule has 1 aromatic carbocycles. The zero-order valence-electron chi connectivity index (χ0n) is 14.6. The minimum atomic E-state index is -0.887. The van der Waals surface area contributed by atoms with E-state index in [9.17, 15) is 14.7 Å². The average molecular weight is 380 g/mol. The highest BCUT2D eigenvalue weighted by atomic mass is 32.2. The van der Waals surface area contributed by atoms with Crippen molar-refractivity contribution >= 4 is 45.7 Å². The van der Waals surface area contributed by atoms with Crippen molar-refractivity contribution in [2.24, 2.45) is 11.3 Å². The van der Waals surface area contributed by atoms with Crippen LogP contribution in [0.1, 0.15) is 20.3 Å². The molecule has 2 rings (SSSR count). The van der Waals surface area contributed by atoms with Crippen LogP contribution in [0.2, 0.25) is 0 Å². The van der Waals surface area contributed by atoms with Gasteiger partial charge in [0.15, 0.2) is 5.78 Å². The quantitative estimate of drug-likeness (QED) is 0.634. The van der Waals surface area contributed by atoms with Gasteiger partial charge in [0.05, 0.1) is 12.0 Å². The molecule has 0 heterocycles. The van der Waals surface area contributed by atoms with Crippen molar-refractivity contribution in [1.29, 1.82) is 0 Å². The predicted octanol–water partition coefficient (Wildman–Crippen LogP) is 3.70. The Kier molecular flexibility index (Phi) is 5.90. The van der Waals surface area contributed by atoms with Gasteiger partial charge in [-0.3, -0.25) is 9.59 Å². The van der Waals surface area contributed by atoms with Gasteiger partial charge in [-0.1, -0.05) is 56.0 Å². The molecule has 1 aliphatic rings. The lowest BCUT2D eigenvalue weighted by atomic mass is 9.70. The van der Waals surface area contributed by atoms with Gasteiger partial charge in [0, 0.05) is 19.2 Å². The topological polar surface area (TPSA) is 66.8 Å². The number of anilines is 1. The summed E-state index contributed by atoms with van der Waals surface area (Å²) in [4.78, 5) is 26.5. The first kappa shape index (κ1) is 19.5. The van der Waals surface area contributed by atoms with Crippen LogP contribution in [0.3, 0.4) is 0 Å². The number of carbonyl (C=O) groups is 2. The highest BCUT2D eigenvalue weighted by Gasteiger charge is 2.47. The average Bonchev–Trinajstić information content (AvgIpc) is 2.57. The number of Topliss-reactive ketones (excluding diaryl/α,β-unsaturated/α-hetero) is 1. The summed E-state index contributed by atoms with van der Waals surface area (Å²) in [6.07, 6.45) is 0.136. The number of hydrogen-bond donors (Lipinski definition) is 1. The molecule has 0 fully saturated rings. The largest absolute Gasteiger partial charge is 0.510 e. The van der Waals surface area contributed by atoms with E-state index in [0.717, 1.165) is 17.4 Å². The Morgan fingerprint density at radius 3 is 2.52 bits per heavy atom. The van der Waals surface area contributed by atoms with Crippen LogP contribution in [0.5, 0.6) is 0 Å². The highest BCUT2D eigenvalue weighted by molar-refractivity contribution is 8.26. The number of aliphatic hydroxyl groups is 1. The zero-order valence-corrected chi connectivity index (χ0v) is 16.2. The van der Waals surface area contributed by atoms with Crippen LogP contribution in [-0.2, 0) is 14.3 Å². The van der Waals surface area contributed by atoms with E-state index in [2.05, 4.69) is 0 Å². The van der Waals surface area contributed by atoms with Crippen molar-refractivity contribution in [2.75, 3.05) is 19.1 Å². The summed E-state index contributed by atoms with van der Waals surface area (Å²) in [5.74, 6) is -1.93. The second-order valence-electron chi connectivity index (χ2n) is 6.52.